The van der Waals surface area contributed by atoms with Crippen LogP contribution in [0.15, 0.2) is 18.2 Å². The molecule has 4 bridgehead atoms. The first-order chi connectivity index (χ1) is 15.6. The second-order valence-corrected chi connectivity index (χ2v) is 10.4. The number of aryl methyl sites for hydroxylation is 1. The average molecular weight is 452 g/mol. The van der Waals surface area contributed by atoms with Crippen LogP contribution in [0.3, 0.4) is 0 Å². The number of rotatable bonds is 5. The lowest BCUT2D eigenvalue weighted by molar-refractivity contribution is -0.119. The molecular weight excluding hydrogens is 421 g/mol. The lowest BCUT2D eigenvalue weighted by atomic mass is 9.80. The van der Waals surface area contributed by atoms with E-state index in [2.05, 4.69) is 10.6 Å². The van der Waals surface area contributed by atoms with Gasteiger partial charge in [-0.05, 0) is 100.0 Å². The van der Waals surface area contributed by atoms with Gasteiger partial charge < -0.3 is 15.2 Å². The molecule has 2 atom stereocenters. The maximum absolute atomic E-state index is 13.6. The largest absolute Gasteiger partial charge is 0.344 e. The van der Waals surface area contributed by atoms with Crippen LogP contribution in [0.5, 0.6) is 0 Å². The minimum absolute atomic E-state index is 0.227. The Bertz CT molecular complexity index is 1180. The third-order valence-electron chi connectivity index (χ3n) is 8.35. The highest BCUT2D eigenvalue weighted by molar-refractivity contribution is 6.43. The molecule has 2 amide bonds. The standard InChI is InChI=1S/C26H30FN3O3/c1-13-7-19(5-6-20(13)27)28-24(32)21-14(2)22(30(4)15(21)3)23(31)25(33)29-26-11-16-8-17(12-26)10-18(26)9-16/h5-7,16-18H,8-12H2,1-4H3,(H,28,32)(H,29,33). The minimum atomic E-state index is -0.602. The van der Waals surface area contributed by atoms with E-state index in [1.165, 1.54) is 18.6 Å². The fraction of sp³-hybridized carbons (Fsp3) is 0.500. The van der Waals surface area contributed by atoms with Gasteiger partial charge in [0.1, 0.15) is 5.82 Å². The van der Waals surface area contributed by atoms with Gasteiger partial charge in [0.25, 0.3) is 17.6 Å². The molecule has 0 saturated heterocycles. The van der Waals surface area contributed by atoms with Crippen LogP contribution in [0.1, 0.15) is 69.8 Å². The third kappa shape index (κ3) is 3.40. The first kappa shape index (κ1) is 21.9. The molecule has 6 rings (SSSR count). The van der Waals surface area contributed by atoms with Crippen molar-refractivity contribution < 1.29 is 18.8 Å². The quantitative estimate of drug-likeness (QED) is 0.528. The number of ketones is 1. The molecule has 0 spiro atoms. The van der Waals surface area contributed by atoms with Gasteiger partial charge in [-0.3, -0.25) is 14.4 Å². The predicted molar refractivity (Wildman–Crippen MR) is 123 cm³/mol. The summed E-state index contributed by atoms with van der Waals surface area (Å²) in [6.45, 7) is 5.07. The van der Waals surface area contributed by atoms with E-state index in [1.807, 2.05) is 0 Å². The Morgan fingerprint density at radius 1 is 1.06 bits per heavy atom. The van der Waals surface area contributed by atoms with E-state index in [4.69, 9.17) is 0 Å². The number of aromatic nitrogens is 1. The van der Waals surface area contributed by atoms with Gasteiger partial charge in [0.05, 0.1) is 11.3 Å². The fourth-order valence-corrected chi connectivity index (χ4v) is 6.94. The summed E-state index contributed by atoms with van der Waals surface area (Å²) in [5.74, 6) is -0.0957. The predicted octanol–water partition coefficient (Wildman–Crippen LogP) is 4.22. The van der Waals surface area contributed by atoms with Crippen molar-refractivity contribution in [3.05, 3.63) is 52.1 Å². The number of hydrogen-bond acceptors (Lipinski definition) is 3. The van der Waals surface area contributed by atoms with Crippen LogP contribution in [0.25, 0.3) is 0 Å². The summed E-state index contributed by atoms with van der Waals surface area (Å²) in [4.78, 5) is 39.4. The highest BCUT2D eigenvalue weighted by Gasteiger charge is 2.58. The van der Waals surface area contributed by atoms with Crippen LogP contribution in [0.2, 0.25) is 0 Å². The third-order valence-corrected chi connectivity index (χ3v) is 8.35. The molecule has 7 heteroatoms. The van der Waals surface area contributed by atoms with Gasteiger partial charge in [0.2, 0.25) is 0 Å². The van der Waals surface area contributed by atoms with E-state index in [9.17, 15) is 18.8 Å². The van der Waals surface area contributed by atoms with E-state index < -0.39 is 17.6 Å². The molecule has 4 aliphatic carbocycles. The van der Waals surface area contributed by atoms with E-state index in [-0.39, 0.29) is 17.1 Å². The van der Waals surface area contributed by atoms with Crippen LogP contribution in [-0.4, -0.2) is 27.7 Å². The normalized spacial score (nSPS) is 27.1. The number of benzene rings is 1. The van der Waals surface area contributed by atoms with E-state index in [0.29, 0.717) is 45.8 Å². The van der Waals surface area contributed by atoms with Crippen molar-refractivity contribution >= 4 is 23.3 Å². The number of carbonyl (C=O) groups excluding carboxylic acids is 3. The van der Waals surface area contributed by atoms with Crippen LogP contribution in [0.4, 0.5) is 10.1 Å². The zero-order valence-electron chi connectivity index (χ0n) is 19.5. The highest BCUT2D eigenvalue weighted by Crippen LogP contribution is 2.60. The molecule has 6 nitrogen and oxygen atoms in total. The van der Waals surface area contributed by atoms with Gasteiger partial charge in [-0.1, -0.05) is 0 Å². The maximum Gasteiger partial charge on any atom is 0.294 e. The number of nitrogens with zero attached hydrogens (tertiary/aromatic N) is 1. The number of carbonyl (C=O) groups is 3. The molecule has 2 N–H and O–H groups in total. The Balaban J connectivity index is 1.38. The van der Waals surface area contributed by atoms with Crippen molar-refractivity contribution in [3.8, 4) is 0 Å². The summed E-state index contributed by atoms with van der Waals surface area (Å²) in [7, 11) is 1.70. The van der Waals surface area contributed by atoms with Crippen LogP contribution < -0.4 is 10.6 Å². The highest BCUT2D eigenvalue weighted by atomic mass is 19.1. The second-order valence-electron chi connectivity index (χ2n) is 10.4. The molecule has 4 saturated carbocycles. The summed E-state index contributed by atoms with van der Waals surface area (Å²) in [5, 5.41) is 5.92. The first-order valence-electron chi connectivity index (χ1n) is 11.7. The molecule has 4 fully saturated rings. The van der Waals surface area contributed by atoms with Crippen molar-refractivity contribution in [2.75, 3.05) is 5.32 Å². The lowest BCUT2D eigenvalue weighted by Crippen LogP contribution is -2.51. The number of anilines is 1. The Hall–Kier alpha value is -2.96. The maximum atomic E-state index is 13.6. The molecule has 1 heterocycles. The molecule has 2 unspecified atom stereocenters. The molecule has 1 aromatic heterocycles. The summed E-state index contributed by atoms with van der Waals surface area (Å²) in [6, 6.07) is 4.36. The molecule has 0 aliphatic heterocycles. The summed E-state index contributed by atoms with van der Waals surface area (Å²) < 4.78 is 15.2. The van der Waals surface area contributed by atoms with Crippen LogP contribution in [0, 0.1) is 44.3 Å². The molecule has 174 valence electrons. The van der Waals surface area contributed by atoms with E-state index in [1.54, 1.807) is 38.5 Å². The smallest absolute Gasteiger partial charge is 0.294 e. The molecular formula is C26H30FN3O3. The van der Waals surface area contributed by atoms with Crippen molar-refractivity contribution in [1.29, 1.82) is 0 Å². The number of hydrogen-bond donors (Lipinski definition) is 2. The zero-order valence-corrected chi connectivity index (χ0v) is 19.5. The van der Waals surface area contributed by atoms with Gasteiger partial charge in [0, 0.05) is 24.0 Å². The zero-order chi connectivity index (χ0) is 23.7. The monoisotopic (exact) mass is 451 g/mol. The van der Waals surface area contributed by atoms with Crippen molar-refractivity contribution in [3.63, 3.8) is 0 Å². The van der Waals surface area contributed by atoms with E-state index in [0.717, 1.165) is 25.7 Å². The van der Waals surface area contributed by atoms with Crippen LogP contribution >= 0.6 is 0 Å². The molecule has 2 aromatic rings. The number of nitrogens with one attached hydrogen (secondary N) is 2. The first-order valence-corrected chi connectivity index (χ1v) is 11.7. The number of amides is 2. The Labute approximate surface area is 192 Å². The van der Waals surface area contributed by atoms with E-state index >= 15 is 0 Å². The lowest BCUT2D eigenvalue weighted by Gasteiger charge is -2.33. The summed E-state index contributed by atoms with van der Waals surface area (Å²) in [5.41, 5.74) is 2.33. The Morgan fingerprint density at radius 2 is 1.73 bits per heavy atom. The summed E-state index contributed by atoms with van der Waals surface area (Å²) in [6.07, 6.45) is 5.51. The van der Waals surface area contributed by atoms with Crippen molar-refractivity contribution in [2.45, 2.75) is 58.4 Å². The molecule has 1 aromatic carbocycles. The number of halogens is 1. The number of Topliss-reactive ketones (excluding diaryl/α,β-unsaturated/α-hetero) is 1. The average Bonchev–Trinajstić information content (AvgIpc) is 3.23. The molecule has 0 radical (unpaired) electrons. The second kappa shape index (κ2) is 7.54. The van der Waals surface area contributed by atoms with Gasteiger partial charge in [-0.2, -0.15) is 0 Å². The summed E-state index contributed by atoms with van der Waals surface area (Å²) >= 11 is 0. The van der Waals surface area contributed by atoms with Gasteiger partial charge in [-0.15, -0.1) is 0 Å². The Morgan fingerprint density at radius 3 is 2.36 bits per heavy atom. The van der Waals surface area contributed by atoms with Gasteiger partial charge >= 0.3 is 0 Å². The fourth-order valence-electron chi connectivity index (χ4n) is 6.94. The van der Waals surface area contributed by atoms with Crippen LogP contribution in [-0.2, 0) is 11.8 Å². The SMILES string of the molecule is Cc1cc(NC(=O)c2c(C)c(C(=O)C(=O)NC34CC5CC(CC3C5)C4)n(C)c2C)ccc1F. The molecule has 4 aliphatic rings. The topological polar surface area (TPSA) is 80.2 Å². The van der Waals surface area contributed by atoms with Gasteiger partial charge in [-0.25, -0.2) is 4.39 Å². The van der Waals surface area contributed by atoms with Gasteiger partial charge in [0.15, 0.2) is 0 Å². The minimum Gasteiger partial charge on any atom is -0.344 e. The Kier molecular flexibility index (Phi) is 4.99. The van der Waals surface area contributed by atoms with Crippen molar-refractivity contribution in [1.82, 2.24) is 9.88 Å². The van der Waals surface area contributed by atoms with Crippen molar-refractivity contribution in [2.24, 2.45) is 24.8 Å². The molecule has 33 heavy (non-hydrogen) atoms.